The van der Waals surface area contributed by atoms with Crippen LogP contribution in [0.4, 0.5) is 19.0 Å². The number of anilines is 1. The number of hydrogen-bond donors (Lipinski definition) is 2. The fourth-order valence-corrected chi connectivity index (χ4v) is 3.86. The minimum Gasteiger partial charge on any atom is -0.361 e. The number of thiophene rings is 1. The quantitative estimate of drug-likeness (QED) is 0.767. The number of carbonyl (C=O) groups is 1. The summed E-state index contributed by atoms with van der Waals surface area (Å²) in [5, 5.41) is 11.3. The molecule has 0 unspecified atom stereocenters. The van der Waals surface area contributed by atoms with Crippen LogP contribution in [0.25, 0.3) is 0 Å². The maximum Gasteiger partial charge on any atom is 0.410 e. The number of amides is 1. The number of alkyl halides is 3. The second-order valence-electron chi connectivity index (χ2n) is 6.24. The van der Waals surface area contributed by atoms with Crippen molar-refractivity contribution in [1.29, 1.82) is 0 Å². The van der Waals surface area contributed by atoms with Gasteiger partial charge in [0.1, 0.15) is 10.8 Å². The van der Waals surface area contributed by atoms with Gasteiger partial charge in [0, 0.05) is 17.3 Å². The number of carbonyl (C=O) groups excluding carboxylic acids is 1. The molecule has 0 aliphatic carbocycles. The fraction of sp³-hybridized carbons (Fsp3) is 0.500. The molecule has 1 aliphatic rings. The average molecular weight is 407 g/mol. The first kappa shape index (κ1) is 19.0. The van der Waals surface area contributed by atoms with Crippen LogP contribution >= 0.6 is 22.9 Å². The van der Waals surface area contributed by atoms with Crippen LogP contribution in [0.15, 0.2) is 17.5 Å². The van der Waals surface area contributed by atoms with E-state index in [1.165, 1.54) is 11.3 Å². The maximum atomic E-state index is 13.6. The van der Waals surface area contributed by atoms with E-state index in [1.54, 1.807) is 24.4 Å². The molecular formula is C16H18ClF3N4OS. The van der Waals surface area contributed by atoms with Gasteiger partial charge in [-0.2, -0.15) is 18.3 Å². The number of nitrogens with one attached hydrogen (secondary N) is 2. The Morgan fingerprint density at radius 1 is 1.58 bits per heavy atom. The van der Waals surface area contributed by atoms with E-state index in [0.717, 1.165) is 9.56 Å². The number of aromatic nitrogens is 2. The van der Waals surface area contributed by atoms with Gasteiger partial charge in [-0.3, -0.25) is 4.79 Å². The van der Waals surface area contributed by atoms with Gasteiger partial charge in [-0.1, -0.05) is 24.6 Å². The van der Waals surface area contributed by atoms with Crippen LogP contribution in [-0.2, 0) is 0 Å². The lowest BCUT2D eigenvalue weighted by Crippen LogP contribution is -2.36. The molecule has 3 atom stereocenters. The molecule has 0 radical (unpaired) electrons. The molecule has 2 aromatic rings. The summed E-state index contributed by atoms with van der Waals surface area (Å²) in [7, 11) is 0. The van der Waals surface area contributed by atoms with Crippen molar-refractivity contribution in [1.82, 2.24) is 15.1 Å². The van der Waals surface area contributed by atoms with Gasteiger partial charge in [0.25, 0.3) is 5.91 Å². The van der Waals surface area contributed by atoms with Crippen LogP contribution in [0, 0.1) is 0 Å². The summed E-state index contributed by atoms with van der Waals surface area (Å²) in [6.07, 6.45) is -4.05. The molecule has 2 N–H and O–H groups in total. The van der Waals surface area contributed by atoms with E-state index in [0.29, 0.717) is 6.42 Å². The summed E-state index contributed by atoms with van der Waals surface area (Å²) in [6, 6.07) is 1.01. The van der Waals surface area contributed by atoms with Crippen molar-refractivity contribution >= 4 is 34.7 Å². The lowest BCUT2D eigenvalue weighted by Gasteiger charge is -2.32. The van der Waals surface area contributed by atoms with Crippen molar-refractivity contribution in [3.63, 3.8) is 0 Å². The van der Waals surface area contributed by atoms with Crippen LogP contribution < -0.4 is 10.6 Å². The Morgan fingerprint density at radius 3 is 2.88 bits per heavy atom. The monoisotopic (exact) mass is 406 g/mol. The third kappa shape index (κ3) is 3.55. The van der Waals surface area contributed by atoms with E-state index >= 15 is 0 Å². The molecule has 1 amide bonds. The predicted molar refractivity (Wildman–Crippen MR) is 94.8 cm³/mol. The number of nitrogens with zero attached hydrogens (tertiary/aromatic N) is 2. The normalized spacial score (nSPS) is 21.0. The summed E-state index contributed by atoms with van der Waals surface area (Å²) in [5.74, 6) is -0.561. The van der Waals surface area contributed by atoms with E-state index in [9.17, 15) is 18.0 Å². The van der Waals surface area contributed by atoms with Crippen LogP contribution in [0.1, 0.15) is 54.1 Å². The van der Waals surface area contributed by atoms with Gasteiger partial charge >= 0.3 is 6.18 Å². The molecule has 2 aromatic heterocycles. The molecule has 3 rings (SSSR count). The van der Waals surface area contributed by atoms with Crippen molar-refractivity contribution in [3.05, 3.63) is 33.1 Å². The van der Waals surface area contributed by atoms with Crippen LogP contribution in [0.5, 0.6) is 0 Å². The van der Waals surface area contributed by atoms with Gasteiger partial charge < -0.3 is 10.6 Å². The SMILES string of the molecule is CC[C@H](C)NC(=O)c1nn2c(c1Cl)N[C@H](c1cccs1)C[C@H]2C(F)(F)F. The van der Waals surface area contributed by atoms with Crippen molar-refractivity contribution in [2.75, 3.05) is 5.32 Å². The van der Waals surface area contributed by atoms with Crippen LogP contribution in [0.2, 0.25) is 5.02 Å². The number of fused-ring (bicyclic) bond motifs is 1. The van der Waals surface area contributed by atoms with Gasteiger partial charge in [-0.05, 0) is 24.8 Å². The Morgan fingerprint density at radius 2 is 2.31 bits per heavy atom. The smallest absolute Gasteiger partial charge is 0.361 e. The van der Waals surface area contributed by atoms with Gasteiger partial charge in [-0.25, -0.2) is 4.68 Å². The molecule has 10 heteroatoms. The third-order valence-electron chi connectivity index (χ3n) is 4.39. The largest absolute Gasteiger partial charge is 0.410 e. The average Bonchev–Trinajstić information content (AvgIpc) is 3.21. The van der Waals surface area contributed by atoms with Gasteiger partial charge in [0.2, 0.25) is 0 Å². The van der Waals surface area contributed by atoms with Crippen LogP contribution in [-0.4, -0.2) is 27.9 Å². The Balaban J connectivity index is 2.00. The molecule has 0 saturated carbocycles. The van der Waals surface area contributed by atoms with E-state index in [2.05, 4.69) is 15.7 Å². The number of hydrogen-bond acceptors (Lipinski definition) is 4. The minimum atomic E-state index is -4.51. The second kappa shape index (κ2) is 7.11. The van der Waals surface area contributed by atoms with Crippen molar-refractivity contribution < 1.29 is 18.0 Å². The zero-order valence-corrected chi connectivity index (χ0v) is 15.7. The first-order valence-electron chi connectivity index (χ1n) is 8.17. The van der Waals surface area contributed by atoms with Crippen LogP contribution in [0.3, 0.4) is 0 Å². The molecule has 26 heavy (non-hydrogen) atoms. The molecule has 3 heterocycles. The highest BCUT2D eigenvalue weighted by atomic mass is 35.5. The van der Waals surface area contributed by atoms with Gasteiger partial charge in [0.15, 0.2) is 11.7 Å². The zero-order chi connectivity index (χ0) is 19.1. The molecule has 142 valence electrons. The van der Waals surface area contributed by atoms with Gasteiger partial charge in [0.05, 0.1) is 6.04 Å². The van der Waals surface area contributed by atoms with E-state index in [-0.39, 0.29) is 29.0 Å². The highest BCUT2D eigenvalue weighted by Gasteiger charge is 2.48. The summed E-state index contributed by atoms with van der Waals surface area (Å²) in [4.78, 5) is 13.1. The summed E-state index contributed by atoms with van der Waals surface area (Å²) < 4.78 is 41.6. The summed E-state index contributed by atoms with van der Waals surface area (Å²) in [6.45, 7) is 3.68. The number of halogens is 4. The van der Waals surface area contributed by atoms with E-state index in [1.807, 2.05) is 6.92 Å². The van der Waals surface area contributed by atoms with E-state index < -0.39 is 24.2 Å². The van der Waals surface area contributed by atoms with Gasteiger partial charge in [-0.15, -0.1) is 11.3 Å². The molecule has 0 bridgehead atoms. The van der Waals surface area contributed by atoms with Crippen molar-refractivity contribution in [3.8, 4) is 0 Å². The predicted octanol–water partition coefficient (Wildman–Crippen LogP) is 4.79. The second-order valence-corrected chi connectivity index (χ2v) is 7.60. The highest BCUT2D eigenvalue weighted by Crippen LogP contribution is 2.46. The summed E-state index contributed by atoms with van der Waals surface area (Å²) in [5.41, 5.74) is -0.199. The van der Waals surface area contributed by atoms with Crippen molar-refractivity contribution in [2.24, 2.45) is 0 Å². The zero-order valence-electron chi connectivity index (χ0n) is 14.1. The molecule has 0 fully saturated rings. The molecule has 5 nitrogen and oxygen atoms in total. The molecule has 0 aromatic carbocycles. The lowest BCUT2D eigenvalue weighted by molar-refractivity contribution is -0.173. The van der Waals surface area contributed by atoms with Crippen molar-refractivity contribution in [2.45, 2.75) is 51.0 Å². The summed E-state index contributed by atoms with van der Waals surface area (Å²) >= 11 is 7.60. The highest BCUT2D eigenvalue weighted by molar-refractivity contribution is 7.10. The topological polar surface area (TPSA) is 59.0 Å². The first-order valence-corrected chi connectivity index (χ1v) is 9.43. The van der Waals surface area contributed by atoms with E-state index in [4.69, 9.17) is 11.6 Å². The molecular weight excluding hydrogens is 389 g/mol. The maximum absolute atomic E-state index is 13.6. The Kier molecular flexibility index (Phi) is 5.21. The Hall–Kier alpha value is -1.74. The number of rotatable bonds is 4. The minimum absolute atomic E-state index is 0.0212. The lowest BCUT2D eigenvalue weighted by atomic mass is 10.0. The molecule has 0 spiro atoms. The standard InChI is InChI=1S/C16H18ClF3N4OS/c1-3-8(2)21-15(25)13-12(17)14-22-9(10-5-4-6-26-10)7-11(16(18,19)20)24(14)23-13/h4-6,8-9,11,22H,3,7H2,1-2H3,(H,21,25)/t8-,9-,11-/m0/s1. The Bertz CT molecular complexity index is 790. The third-order valence-corrected chi connectivity index (χ3v) is 5.73. The fourth-order valence-electron chi connectivity index (χ4n) is 2.80. The first-order chi connectivity index (χ1) is 12.2. The molecule has 0 saturated heterocycles. The Labute approximate surface area is 157 Å². The molecule has 1 aliphatic heterocycles.